The van der Waals surface area contributed by atoms with Gasteiger partial charge in [-0.15, -0.1) is 11.3 Å². The van der Waals surface area contributed by atoms with Crippen molar-refractivity contribution in [1.29, 1.82) is 0 Å². The molecule has 0 saturated heterocycles. The third-order valence-corrected chi connectivity index (χ3v) is 4.86. The van der Waals surface area contributed by atoms with Crippen LogP contribution in [0.15, 0.2) is 46.8 Å². The van der Waals surface area contributed by atoms with E-state index in [1.807, 2.05) is 17.8 Å². The van der Waals surface area contributed by atoms with Crippen LogP contribution in [0.3, 0.4) is 0 Å². The number of aliphatic imine (C=N–C) groups is 1. The lowest BCUT2D eigenvalue weighted by Gasteiger charge is -2.09. The lowest BCUT2D eigenvalue weighted by molar-refractivity contribution is 0.810. The van der Waals surface area contributed by atoms with E-state index in [0.29, 0.717) is 16.4 Å². The van der Waals surface area contributed by atoms with Gasteiger partial charge in [-0.25, -0.2) is 15.0 Å². The fourth-order valence-electron chi connectivity index (χ4n) is 2.35. The van der Waals surface area contributed by atoms with Crippen molar-refractivity contribution < 1.29 is 0 Å². The number of hydrogen-bond acceptors (Lipinski definition) is 7. The predicted octanol–water partition coefficient (Wildman–Crippen LogP) is 2.68. The summed E-state index contributed by atoms with van der Waals surface area (Å²) in [6.45, 7) is 0.772. The van der Waals surface area contributed by atoms with Crippen molar-refractivity contribution >= 4 is 40.3 Å². The molecule has 0 aromatic carbocycles. The normalized spacial score (nSPS) is 14.2. The second-order valence-corrected chi connectivity index (χ2v) is 6.62. The first-order chi connectivity index (χ1) is 12.3. The number of nitrogens with two attached hydrogens (primary N) is 1. The zero-order chi connectivity index (χ0) is 17.5. The highest BCUT2D eigenvalue weighted by Crippen LogP contribution is 2.23. The third-order valence-electron chi connectivity index (χ3n) is 3.63. The standard InChI is InChI=1S/C17H18N6S2/c18-9-13(15-20-6-2-7-21-15)17-23-14(11-25-17)16(24)22-8-4-12-3-1-5-19-10-12/h2,5-7,9-11H,1,3-4,8,18H2,(H,22,24). The van der Waals surface area contributed by atoms with E-state index in [0.717, 1.165) is 36.5 Å². The number of thiocarbonyl (C=S) groups is 1. The van der Waals surface area contributed by atoms with Crippen LogP contribution in [0.5, 0.6) is 0 Å². The molecule has 0 radical (unpaired) electrons. The quantitative estimate of drug-likeness (QED) is 0.760. The molecule has 1 aliphatic rings. The average molecular weight is 371 g/mol. The summed E-state index contributed by atoms with van der Waals surface area (Å²) in [6, 6.07) is 1.76. The maximum atomic E-state index is 5.74. The zero-order valence-corrected chi connectivity index (χ0v) is 15.2. The first kappa shape index (κ1) is 17.4. The number of nitrogens with one attached hydrogen (secondary N) is 1. The van der Waals surface area contributed by atoms with E-state index in [1.165, 1.54) is 23.1 Å². The molecule has 3 N–H and O–H groups in total. The first-order valence-electron chi connectivity index (χ1n) is 7.91. The van der Waals surface area contributed by atoms with Crippen molar-refractivity contribution in [3.8, 4) is 0 Å². The Balaban J connectivity index is 1.61. The van der Waals surface area contributed by atoms with E-state index < -0.39 is 0 Å². The number of rotatable bonds is 6. The van der Waals surface area contributed by atoms with Crippen molar-refractivity contribution in [1.82, 2.24) is 20.3 Å². The predicted molar refractivity (Wildman–Crippen MR) is 106 cm³/mol. The molecule has 3 rings (SSSR count). The van der Waals surface area contributed by atoms with Crippen LogP contribution in [-0.2, 0) is 0 Å². The summed E-state index contributed by atoms with van der Waals surface area (Å²) in [5, 5.41) is 5.92. The summed E-state index contributed by atoms with van der Waals surface area (Å²) >= 11 is 6.91. The van der Waals surface area contributed by atoms with Gasteiger partial charge in [-0.3, -0.25) is 4.99 Å². The van der Waals surface area contributed by atoms with E-state index in [-0.39, 0.29) is 0 Å². The van der Waals surface area contributed by atoms with Gasteiger partial charge in [0.25, 0.3) is 0 Å². The van der Waals surface area contributed by atoms with Gasteiger partial charge in [-0.05, 0) is 30.9 Å². The number of aromatic nitrogens is 3. The van der Waals surface area contributed by atoms with E-state index in [9.17, 15) is 0 Å². The second-order valence-electron chi connectivity index (χ2n) is 5.35. The Hall–Kier alpha value is -2.45. The van der Waals surface area contributed by atoms with Crippen LogP contribution in [0.2, 0.25) is 0 Å². The summed E-state index contributed by atoms with van der Waals surface area (Å²) < 4.78 is 0. The number of nitrogens with zero attached hydrogens (tertiary/aromatic N) is 4. The molecule has 0 spiro atoms. The smallest absolute Gasteiger partial charge is 0.163 e. The topological polar surface area (TPSA) is 89.1 Å². The van der Waals surface area contributed by atoms with Crippen LogP contribution in [0, 0.1) is 0 Å². The Kier molecular flexibility index (Phi) is 5.97. The second kappa shape index (κ2) is 8.59. The van der Waals surface area contributed by atoms with Gasteiger partial charge in [-0.2, -0.15) is 0 Å². The molecule has 128 valence electrons. The molecule has 0 fully saturated rings. The molecule has 25 heavy (non-hydrogen) atoms. The van der Waals surface area contributed by atoms with E-state index in [2.05, 4.69) is 25.3 Å². The Morgan fingerprint density at radius 2 is 2.20 bits per heavy atom. The molecule has 3 heterocycles. The SMILES string of the molecule is NC=C(c1ncccn1)c1nc(C(=S)NCCC2=CN=CCC2)cs1. The Morgan fingerprint density at radius 1 is 1.36 bits per heavy atom. The minimum absolute atomic E-state index is 0.551. The number of hydrogen-bond donors (Lipinski definition) is 2. The van der Waals surface area contributed by atoms with Gasteiger partial charge in [0.05, 0.1) is 5.57 Å². The van der Waals surface area contributed by atoms with Crippen molar-refractivity contribution in [2.24, 2.45) is 10.7 Å². The summed E-state index contributed by atoms with van der Waals surface area (Å²) in [7, 11) is 0. The summed E-state index contributed by atoms with van der Waals surface area (Å²) in [4.78, 5) is 17.8. The zero-order valence-electron chi connectivity index (χ0n) is 13.6. The molecule has 6 nitrogen and oxygen atoms in total. The fourth-order valence-corrected chi connectivity index (χ4v) is 3.46. The Labute approximate surface area is 155 Å². The molecule has 1 aliphatic heterocycles. The molecule has 0 bridgehead atoms. The highest BCUT2D eigenvalue weighted by Gasteiger charge is 2.14. The maximum Gasteiger partial charge on any atom is 0.163 e. The lowest BCUT2D eigenvalue weighted by Crippen LogP contribution is -2.24. The minimum Gasteiger partial charge on any atom is -0.404 e. The van der Waals surface area contributed by atoms with Crippen LogP contribution in [0.25, 0.3) is 5.57 Å². The first-order valence-corrected chi connectivity index (χ1v) is 9.19. The summed E-state index contributed by atoms with van der Waals surface area (Å²) in [5.41, 5.74) is 8.52. The molecule has 0 unspecified atom stereocenters. The Morgan fingerprint density at radius 3 is 2.92 bits per heavy atom. The highest BCUT2D eigenvalue weighted by atomic mass is 32.1. The van der Waals surface area contributed by atoms with Crippen LogP contribution < -0.4 is 11.1 Å². The highest BCUT2D eigenvalue weighted by molar-refractivity contribution is 7.80. The monoisotopic (exact) mass is 370 g/mol. The van der Waals surface area contributed by atoms with E-state index in [1.54, 1.807) is 18.5 Å². The van der Waals surface area contributed by atoms with Crippen LogP contribution >= 0.6 is 23.6 Å². The van der Waals surface area contributed by atoms with Gasteiger partial charge in [-0.1, -0.05) is 12.2 Å². The lowest BCUT2D eigenvalue weighted by atomic mass is 10.1. The van der Waals surface area contributed by atoms with Gasteiger partial charge < -0.3 is 11.1 Å². The molecule has 0 amide bonds. The molecule has 2 aromatic heterocycles. The van der Waals surface area contributed by atoms with Crippen molar-refractivity contribution in [2.45, 2.75) is 19.3 Å². The van der Waals surface area contributed by atoms with Crippen molar-refractivity contribution in [3.05, 3.63) is 58.3 Å². The summed E-state index contributed by atoms with van der Waals surface area (Å²) in [6.07, 6.45) is 11.7. The van der Waals surface area contributed by atoms with Gasteiger partial charge in [0, 0.05) is 42.9 Å². The molecule has 0 saturated carbocycles. The minimum atomic E-state index is 0.551. The Bertz CT molecular complexity index is 823. The van der Waals surface area contributed by atoms with Crippen LogP contribution in [0.4, 0.5) is 0 Å². The summed E-state index contributed by atoms with van der Waals surface area (Å²) in [5.74, 6) is 0.551. The van der Waals surface area contributed by atoms with E-state index in [4.69, 9.17) is 18.0 Å². The van der Waals surface area contributed by atoms with Crippen molar-refractivity contribution in [3.63, 3.8) is 0 Å². The van der Waals surface area contributed by atoms with Gasteiger partial charge in [0.15, 0.2) is 5.82 Å². The average Bonchev–Trinajstić information content (AvgIpc) is 3.14. The fraction of sp³-hybridized carbons (Fsp3) is 0.235. The third kappa shape index (κ3) is 4.55. The molecule has 8 heteroatoms. The molecular formula is C17H18N6S2. The van der Waals surface area contributed by atoms with Gasteiger partial charge >= 0.3 is 0 Å². The maximum absolute atomic E-state index is 5.74. The van der Waals surface area contributed by atoms with Crippen LogP contribution in [0.1, 0.15) is 35.8 Å². The number of thiazole rings is 1. The molecule has 0 aliphatic carbocycles. The molecular weight excluding hydrogens is 352 g/mol. The van der Waals surface area contributed by atoms with Crippen LogP contribution in [-0.4, -0.2) is 32.7 Å². The van der Waals surface area contributed by atoms with E-state index >= 15 is 0 Å². The van der Waals surface area contributed by atoms with Gasteiger partial charge in [0.2, 0.25) is 0 Å². The molecule has 2 aromatic rings. The molecule has 0 atom stereocenters. The largest absolute Gasteiger partial charge is 0.404 e. The van der Waals surface area contributed by atoms with Crippen molar-refractivity contribution in [2.75, 3.05) is 6.54 Å². The van der Waals surface area contributed by atoms with Gasteiger partial charge in [0.1, 0.15) is 15.7 Å².